The number of aryl methyl sites for hydroxylation is 1. The molecule has 2 fully saturated rings. The first-order chi connectivity index (χ1) is 21.0. The van der Waals surface area contributed by atoms with E-state index >= 15 is 0 Å². The first-order valence-electron chi connectivity index (χ1n) is 14.4. The van der Waals surface area contributed by atoms with Crippen LogP contribution in [-0.2, 0) is 52.2 Å². The maximum atomic E-state index is 13.3. The zero-order valence-corrected chi connectivity index (χ0v) is 25.2. The number of fused-ring (bicyclic) bond motifs is 1. The van der Waals surface area contributed by atoms with E-state index in [1.165, 1.54) is 23.2 Å². The van der Waals surface area contributed by atoms with E-state index in [0.29, 0.717) is 16.8 Å². The minimum absolute atomic E-state index is 0.0000618. The number of sulfone groups is 1. The second kappa shape index (κ2) is 11.4. The van der Waals surface area contributed by atoms with Crippen LogP contribution < -0.4 is 16.6 Å². The standard InChI is InChI=1S/C32H31N5O6S/c1-35-27-28(34-31(35)44(42,43)19-20-7-4-3-5-8-20)37(32(41)36(2)30(27)40)14-6-9-21-15-22(18-26(38)23-10-11-23)17-25(16-21)33-29(39)24-12-13-24/h3-5,7-8,15-17,23-24H,10-14,18-19H2,1-2H3,(H,33,39). The smallest absolute Gasteiger partial charge is 0.326 e. The molecule has 0 unspecified atom stereocenters. The fourth-order valence-electron chi connectivity index (χ4n) is 5.19. The predicted octanol–water partition coefficient (Wildman–Crippen LogP) is 2.33. The van der Waals surface area contributed by atoms with Crippen molar-refractivity contribution in [1.82, 2.24) is 18.7 Å². The topological polar surface area (TPSA) is 142 Å². The minimum Gasteiger partial charge on any atom is -0.326 e. The van der Waals surface area contributed by atoms with Gasteiger partial charge in [0, 0.05) is 43.6 Å². The third-order valence-electron chi connectivity index (χ3n) is 7.88. The Balaban J connectivity index is 1.35. The Morgan fingerprint density at radius 3 is 2.34 bits per heavy atom. The fraction of sp³-hybridized carbons (Fsp3) is 0.344. The molecule has 0 bridgehead atoms. The maximum Gasteiger partial charge on any atom is 0.333 e. The van der Waals surface area contributed by atoms with Crippen molar-refractivity contribution in [3.8, 4) is 11.8 Å². The molecule has 4 aromatic rings. The highest BCUT2D eigenvalue weighted by molar-refractivity contribution is 7.90. The molecule has 0 spiro atoms. The van der Waals surface area contributed by atoms with E-state index < -0.39 is 21.1 Å². The SMILES string of the molecule is Cn1c(=O)c2c(nc(S(=O)(=O)Cc3ccccc3)n2C)n(CC#Cc2cc(CC(=O)C3CC3)cc(NC(=O)C3CC3)c2)c1=O. The highest BCUT2D eigenvalue weighted by Gasteiger charge is 2.31. The number of Topliss-reactive ketones (excluding diaryl/α,β-unsaturated/α-hetero) is 1. The summed E-state index contributed by atoms with van der Waals surface area (Å²) in [6.07, 6.45) is 3.74. The third kappa shape index (κ3) is 6.01. The number of hydrogen-bond donors (Lipinski definition) is 1. The summed E-state index contributed by atoms with van der Waals surface area (Å²) in [6, 6.07) is 13.9. The Labute approximate surface area is 253 Å². The number of ketones is 1. The monoisotopic (exact) mass is 613 g/mol. The lowest BCUT2D eigenvalue weighted by atomic mass is 10.0. The van der Waals surface area contributed by atoms with Gasteiger partial charge in [-0.3, -0.25) is 23.5 Å². The molecule has 0 saturated heterocycles. The number of amides is 1. The first-order valence-corrected chi connectivity index (χ1v) is 16.1. The molecule has 12 heteroatoms. The number of carbonyl (C=O) groups is 2. The summed E-state index contributed by atoms with van der Waals surface area (Å²) in [5.41, 5.74) is 0.903. The van der Waals surface area contributed by atoms with E-state index in [1.807, 2.05) is 0 Å². The quantitative estimate of drug-likeness (QED) is 0.286. The van der Waals surface area contributed by atoms with Gasteiger partial charge in [0.05, 0.1) is 12.3 Å². The van der Waals surface area contributed by atoms with Gasteiger partial charge in [-0.25, -0.2) is 13.2 Å². The van der Waals surface area contributed by atoms with Gasteiger partial charge in [0.1, 0.15) is 5.78 Å². The van der Waals surface area contributed by atoms with E-state index in [4.69, 9.17) is 0 Å². The van der Waals surface area contributed by atoms with Gasteiger partial charge in [-0.05, 0) is 55.0 Å². The van der Waals surface area contributed by atoms with E-state index in [0.717, 1.165) is 35.8 Å². The van der Waals surface area contributed by atoms with Crippen molar-refractivity contribution < 1.29 is 18.0 Å². The maximum absolute atomic E-state index is 13.3. The van der Waals surface area contributed by atoms with E-state index in [9.17, 15) is 27.6 Å². The molecule has 2 aromatic carbocycles. The summed E-state index contributed by atoms with van der Waals surface area (Å²) in [6.45, 7) is -0.187. The normalized spacial score (nSPS) is 14.7. The summed E-state index contributed by atoms with van der Waals surface area (Å²) >= 11 is 0. The van der Waals surface area contributed by atoms with Gasteiger partial charge < -0.3 is 9.88 Å². The minimum atomic E-state index is -3.97. The van der Waals surface area contributed by atoms with Gasteiger partial charge in [-0.1, -0.05) is 42.2 Å². The van der Waals surface area contributed by atoms with Crippen LogP contribution in [0.2, 0.25) is 0 Å². The molecule has 44 heavy (non-hydrogen) atoms. The molecular weight excluding hydrogens is 582 g/mol. The molecule has 226 valence electrons. The predicted molar refractivity (Wildman–Crippen MR) is 164 cm³/mol. The van der Waals surface area contributed by atoms with Gasteiger partial charge in [0.15, 0.2) is 11.2 Å². The van der Waals surface area contributed by atoms with Gasteiger partial charge in [0.25, 0.3) is 5.56 Å². The number of hydrogen-bond acceptors (Lipinski definition) is 7. The Morgan fingerprint density at radius 1 is 0.955 bits per heavy atom. The molecule has 0 radical (unpaired) electrons. The summed E-state index contributed by atoms with van der Waals surface area (Å²) in [5, 5.41) is 2.59. The van der Waals surface area contributed by atoms with Crippen LogP contribution in [0, 0.1) is 23.7 Å². The lowest BCUT2D eigenvalue weighted by Gasteiger charge is -2.09. The van der Waals surface area contributed by atoms with Crippen LogP contribution in [0.4, 0.5) is 5.69 Å². The molecular formula is C32H31N5O6S. The van der Waals surface area contributed by atoms with Gasteiger partial charge in [-0.15, -0.1) is 0 Å². The molecule has 1 N–H and O–H groups in total. The van der Waals surface area contributed by atoms with Crippen LogP contribution in [0.3, 0.4) is 0 Å². The van der Waals surface area contributed by atoms with Crippen molar-refractivity contribution in [2.75, 3.05) is 5.32 Å². The van der Waals surface area contributed by atoms with Crippen molar-refractivity contribution in [2.24, 2.45) is 25.9 Å². The summed E-state index contributed by atoms with van der Waals surface area (Å²) in [7, 11) is -1.23. The molecule has 11 nitrogen and oxygen atoms in total. The van der Waals surface area contributed by atoms with Gasteiger partial charge >= 0.3 is 5.69 Å². The number of imidazole rings is 1. The number of benzene rings is 2. The average Bonchev–Trinajstić information content (AvgIpc) is 3.90. The molecule has 2 saturated carbocycles. The molecule has 2 heterocycles. The Morgan fingerprint density at radius 2 is 1.66 bits per heavy atom. The van der Waals surface area contributed by atoms with Crippen LogP contribution in [0.1, 0.15) is 42.4 Å². The largest absolute Gasteiger partial charge is 0.333 e. The fourth-order valence-corrected chi connectivity index (χ4v) is 6.68. The van der Waals surface area contributed by atoms with E-state index in [2.05, 4.69) is 22.1 Å². The lowest BCUT2D eigenvalue weighted by molar-refractivity contribution is -0.119. The number of aromatic nitrogens is 4. The Hall–Kier alpha value is -4.76. The number of anilines is 1. The second-order valence-corrected chi connectivity index (χ2v) is 13.4. The van der Waals surface area contributed by atoms with Crippen molar-refractivity contribution in [1.29, 1.82) is 0 Å². The van der Waals surface area contributed by atoms with Gasteiger partial charge in [0.2, 0.25) is 20.9 Å². The molecule has 0 aliphatic heterocycles. The number of rotatable bonds is 9. The summed E-state index contributed by atoms with van der Waals surface area (Å²) in [5.74, 6) is 5.80. The second-order valence-electron chi connectivity index (χ2n) is 11.5. The highest BCUT2D eigenvalue weighted by Crippen LogP contribution is 2.32. The molecule has 2 aliphatic carbocycles. The number of nitrogens with zero attached hydrogens (tertiary/aromatic N) is 4. The van der Waals surface area contributed by atoms with E-state index in [1.54, 1.807) is 48.5 Å². The molecule has 2 aliphatic rings. The average molecular weight is 614 g/mol. The van der Waals surface area contributed by atoms with Crippen LogP contribution >= 0.6 is 0 Å². The number of nitrogens with one attached hydrogen (secondary N) is 1. The highest BCUT2D eigenvalue weighted by atomic mass is 32.2. The molecule has 1 amide bonds. The zero-order chi connectivity index (χ0) is 31.2. The number of carbonyl (C=O) groups excluding carboxylic acids is 2. The first kappa shape index (κ1) is 29.3. The Kier molecular flexibility index (Phi) is 7.59. The molecule has 0 atom stereocenters. The van der Waals surface area contributed by atoms with Crippen molar-refractivity contribution in [3.05, 3.63) is 86.1 Å². The van der Waals surface area contributed by atoms with Gasteiger partial charge in [-0.2, -0.15) is 4.98 Å². The van der Waals surface area contributed by atoms with Crippen LogP contribution in [-0.4, -0.2) is 38.8 Å². The zero-order valence-electron chi connectivity index (χ0n) is 24.4. The van der Waals surface area contributed by atoms with Crippen molar-refractivity contribution in [3.63, 3.8) is 0 Å². The van der Waals surface area contributed by atoms with Crippen LogP contribution in [0.25, 0.3) is 11.2 Å². The van der Waals surface area contributed by atoms with Crippen LogP contribution in [0.5, 0.6) is 0 Å². The summed E-state index contributed by atoms with van der Waals surface area (Å²) < 4.78 is 29.9. The molecule has 2 aromatic heterocycles. The lowest BCUT2D eigenvalue weighted by Crippen LogP contribution is -2.38. The van der Waals surface area contributed by atoms with Crippen molar-refractivity contribution in [2.45, 2.75) is 49.6 Å². The Bertz CT molecular complexity index is 2060. The van der Waals surface area contributed by atoms with E-state index in [-0.39, 0.29) is 58.6 Å². The molecule has 6 rings (SSSR count). The third-order valence-corrected chi connectivity index (χ3v) is 9.52. The summed E-state index contributed by atoms with van der Waals surface area (Å²) in [4.78, 5) is 55.5. The van der Waals surface area contributed by atoms with Crippen molar-refractivity contribution >= 4 is 38.4 Å². The van der Waals surface area contributed by atoms with Crippen LogP contribution in [0.15, 0.2) is 63.3 Å².